The Bertz CT molecular complexity index is 1530. The van der Waals surface area contributed by atoms with Gasteiger partial charge in [0.05, 0.1) is 22.8 Å². The Balaban J connectivity index is 0.00000289. The van der Waals surface area contributed by atoms with Gasteiger partial charge < -0.3 is 29.8 Å². The summed E-state index contributed by atoms with van der Waals surface area (Å²) >= 11 is 0. The number of hydrogen-bond acceptors (Lipinski definition) is 6. The van der Waals surface area contributed by atoms with Crippen LogP contribution in [-0.2, 0) is 35.5 Å². The SMILES string of the molecule is O=C([O-])CCC1=Cc2cc3ccc(cc4nc(cc5cc(CCC(=O)[O-])c(cc1n2)[nH]5)C=C4)[nH]3.[Zn+2]. The minimum atomic E-state index is -1.13. The fraction of sp³-hybridized carbons (Fsp3) is 0.154. The number of carbonyl (C=O) groups is 2. The summed E-state index contributed by atoms with van der Waals surface area (Å²) in [5.74, 6) is -2.26. The van der Waals surface area contributed by atoms with Crippen LogP contribution in [-0.4, -0.2) is 31.9 Å². The molecular formula is C26H20N4O4Zn. The number of aliphatic carboxylic acids is 2. The maximum absolute atomic E-state index is 11.1. The molecule has 2 aliphatic heterocycles. The second kappa shape index (κ2) is 10.2. The van der Waals surface area contributed by atoms with E-state index in [4.69, 9.17) is 4.98 Å². The molecule has 0 amide bonds. The molecule has 5 heterocycles. The molecule has 5 rings (SSSR count). The molecule has 2 N–H and O–H groups in total. The van der Waals surface area contributed by atoms with E-state index in [0.717, 1.165) is 39.1 Å². The topological polar surface area (TPSA) is 138 Å². The molecule has 0 fully saturated rings. The molecule has 0 saturated heterocycles. The number of carbonyl (C=O) groups excluding carboxylic acids is 2. The standard InChI is InChI=1S/C26H22N4O4.Zn/c31-25(32)7-1-15-9-21-12-19-5-3-17(27-19)11-18-4-6-20(28-18)13-22-10-16(2-8-26(33)34)24(30-22)14-23(15)29-21;/h3-6,9-14,27,30H,1-2,7-8H2,(H,31,32)(H,33,34);/q;+2/p-2. The number of fused-ring (bicyclic) bond motifs is 8. The fourth-order valence-corrected chi connectivity index (χ4v) is 4.09. The number of H-pyrrole nitrogens is 2. The molecule has 170 valence electrons. The first-order chi connectivity index (χ1) is 16.4. The van der Waals surface area contributed by atoms with E-state index in [1.54, 1.807) is 0 Å². The molecule has 8 bridgehead atoms. The van der Waals surface area contributed by atoms with E-state index in [9.17, 15) is 19.8 Å². The average molecular weight is 518 g/mol. The van der Waals surface area contributed by atoms with Crippen LogP contribution in [0.4, 0.5) is 0 Å². The third kappa shape index (κ3) is 5.81. The molecule has 0 atom stereocenters. The number of allylic oxidation sites excluding steroid dienone is 1. The van der Waals surface area contributed by atoms with Crippen molar-refractivity contribution in [1.82, 2.24) is 19.9 Å². The number of rotatable bonds is 6. The van der Waals surface area contributed by atoms with Gasteiger partial charge in [-0.2, -0.15) is 0 Å². The van der Waals surface area contributed by atoms with Crippen LogP contribution in [0.5, 0.6) is 0 Å². The van der Waals surface area contributed by atoms with Crippen molar-refractivity contribution in [2.75, 3.05) is 0 Å². The summed E-state index contributed by atoms with van der Waals surface area (Å²) in [6.07, 6.45) is 6.00. The number of carboxylic acid groups (broad SMARTS) is 2. The van der Waals surface area contributed by atoms with Gasteiger partial charge in [0.2, 0.25) is 0 Å². The van der Waals surface area contributed by atoms with Crippen molar-refractivity contribution in [3.63, 3.8) is 0 Å². The monoisotopic (exact) mass is 516 g/mol. The predicted molar refractivity (Wildman–Crippen MR) is 125 cm³/mol. The van der Waals surface area contributed by atoms with E-state index in [0.29, 0.717) is 16.9 Å². The van der Waals surface area contributed by atoms with Gasteiger partial charge in [0.25, 0.3) is 0 Å². The number of nitrogens with zero attached hydrogens (tertiary/aromatic N) is 2. The van der Waals surface area contributed by atoms with E-state index in [1.165, 1.54) is 0 Å². The molecule has 35 heavy (non-hydrogen) atoms. The smallest absolute Gasteiger partial charge is 0.550 e. The van der Waals surface area contributed by atoms with Gasteiger partial charge in [-0.1, -0.05) is 0 Å². The van der Waals surface area contributed by atoms with Crippen molar-refractivity contribution in [3.05, 3.63) is 70.8 Å². The largest absolute Gasteiger partial charge is 2.00 e. The molecule has 0 spiro atoms. The summed E-state index contributed by atoms with van der Waals surface area (Å²) in [5, 5.41) is 22.2. The van der Waals surface area contributed by atoms with Crippen molar-refractivity contribution in [2.45, 2.75) is 25.7 Å². The minimum Gasteiger partial charge on any atom is -0.550 e. The van der Waals surface area contributed by atoms with Crippen molar-refractivity contribution in [3.8, 4) is 0 Å². The Morgan fingerprint density at radius 2 is 1.37 bits per heavy atom. The van der Waals surface area contributed by atoms with E-state index in [1.807, 2.05) is 60.7 Å². The molecule has 3 aromatic rings. The number of carboxylic acids is 2. The second-order valence-corrected chi connectivity index (χ2v) is 8.24. The zero-order chi connectivity index (χ0) is 23.7. The van der Waals surface area contributed by atoms with Crippen LogP contribution in [0.3, 0.4) is 0 Å². The zero-order valence-electron chi connectivity index (χ0n) is 18.8. The molecule has 2 aliphatic rings. The maximum Gasteiger partial charge on any atom is 2.00 e. The minimum absolute atomic E-state index is 0. The normalized spacial score (nSPS) is 12.2. The Morgan fingerprint density at radius 3 is 2.06 bits per heavy atom. The van der Waals surface area contributed by atoms with Crippen molar-refractivity contribution >= 4 is 57.8 Å². The third-order valence-electron chi connectivity index (χ3n) is 5.66. The number of hydrogen-bond donors (Lipinski definition) is 2. The first-order valence-electron chi connectivity index (χ1n) is 10.9. The van der Waals surface area contributed by atoms with Crippen LogP contribution >= 0.6 is 0 Å². The van der Waals surface area contributed by atoms with Crippen molar-refractivity contribution in [2.24, 2.45) is 0 Å². The molecule has 8 nitrogen and oxygen atoms in total. The van der Waals surface area contributed by atoms with Gasteiger partial charge in [-0.25, -0.2) is 9.97 Å². The van der Waals surface area contributed by atoms with Crippen molar-refractivity contribution < 1.29 is 39.3 Å². The molecule has 3 aromatic heterocycles. The molecule has 0 aromatic carbocycles. The quantitative estimate of drug-likeness (QED) is 0.376. The van der Waals surface area contributed by atoms with Crippen LogP contribution in [0.25, 0.3) is 45.9 Å². The Kier molecular flexibility index (Phi) is 7.08. The van der Waals surface area contributed by atoms with Crippen LogP contribution in [0, 0.1) is 0 Å². The van der Waals surface area contributed by atoms with Crippen LogP contribution < -0.4 is 10.2 Å². The van der Waals surface area contributed by atoms with Crippen LogP contribution in [0.2, 0.25) is 0 Å². The van der Waals surface area contributed by atoms with E-state index in [-0.39, 0.29) is 45.2 Å². The molecule has 0 saturated carbocycles. The van der Waals surface area contributed by atoms with Gasteiger partial charge in [0, 0.05) is 34.0 Å². The fourth-order valence-electron chi connectivity index (χ4n) is 4.09. The number of aromatic amines is 2. The van der Waals surface area contributed by atoms with Gasteiger partial charge >= 0.3 is 19.5 Å². The first kappa shape index (κ1) is 24.3. The summed E-state index contributed by atoms with van der Waals surface area (Å²) in [6, 6.07) is 13.3. The van der Waals surface area contributed by atoms with Gasteiger partial charge in [-0.3, -0.25) is 0 Å². The maximum atomic E-state index is 11.1. The molecule has 0 unspecified atom stereocenters. The molecular weight excluding hydrogens is 498 g/mol. The van der Waals surface area contributed by atoms with Gasteiger partial charge in [-0.05, 0) is 97.5 Å². The third-order valence-corrected chi connectivity index (χ3v) is 5.66. The summed E-state index contributed by atoms with van der Waals surface area (Å²) in [4.78, 5) is 38.1. The van der Waals surface area contributed by atoms with Gasteiger partial charge in [0.1, 0.15) is 0 Å². The summed E-state index contributed by atoms with van der Waals surface area (Å²) in [7, 11) is 0. The number of aromatic nitrogens is 4. The number of aryl methyl sites for hydroxylation is 1. The van der Waals surface area contributed by atoms with Crippen molar-refractivity contribution in [1.29, 1.82) is 0 Å². The van der Waals surface area contributed by atoms with Gasteiger partial charge in [-0.15, -0.1) is 0 Å². The Hall–Kier alpha value is -3.84. The second-order valence-electron chi connectivity index (χ2n) is 8.24. The van der Waals surface area contributed by atoms with Crippen LogP contribution in [0.15, 0.2) is 42.5 Å². The average Bonchev–Trinajstić information content (AvgIpc) is 3.55. The summed E-state index contributed by atoms with van der Waals surface area (Å²) < 4.78 is 0. The van der Waals surface area contributed by atoms with E-state index in [2.05, 4.69) is 15.0 Å². The Labute approximate surface area is 213 Å². The summed E-state index contributed by atoms with van der Waals surface area (Å²) in [6.45, 7) is 0. The first-order valence-corrected chi connectivity index (χ1v) is 10.9. The van der Waals surface area contributed by atoms with Crippen LogP contribution in [0.1, 0.15) is 47.6 Å². The molecule has 0 radical (unpaired) electrons. The zero-order valence-corrected chi connectivity index (χ0v) is 21.8. The van der Waals surface area contributed by atoms with E-state index < -0.39 is 11.9 Å². The Morgan fingerprint density at radius 1 is 0.743 bits per heavy atom. The predicted octanol–water partition coefficient (Wildman–Crippen LogP) is 2.24. The molecule has 0 aliphatic carbocycles. The molecule has 9 heteroatoms. The van der Waals surface area contributed by atoms with E-state index >= 15 is 0 Å². The number of nitrogens with one attached hydrogen (secondary N) is 2. The summed E-state index contributed by atoms with van der Waals surface area (Å²) in [5.41, 5.74) is 7.66. The van der Waals surface area contributed by atoms with Gasteiger partial charge in [0.15, 0.2) is 0 Å².